The number of nitrogens with zero attached hydrogens (tertiary/aromatic N) is 3. The Morgan fingerprint density at radius 1 is 0.907 bits per heavy atom. The lowest BCUT2D eigenvalue weighted by molar-refractivity contribution is -0.180. The van der Waals surface area contributed by atoms with Gasteiger partial charge in [-0.25, -0.2) is 4.98 Å². The third kappa shape index (κ3) is 4.96. The molecule has 1 unspecified atom stereocenters. The van der Waals surface area contributed by atoms with Crippen LogP contribution in [0.2, 0.25) is 0 Å². The summed E-state index contributed by atoms with van der Waals surface area (Å²) in [6.07, 6.45) is 2.34. The number of fused-ring (bicyclic) bond motifs is 2. The normalized spacial score (nSPS) is 19.1. The monoisotopic (exact) mass is 581 g/mol. The molecule has 1 atom stereocenters. The molecule has 10 heteroatoms. The molecule has 1 aliphatic heterocycles. The molecular weight excluding hydrogens is 546 g/mol. The molecule has 4 N–H and O–H groups in total. The minimum absolute atomic E-state index is 0.324. The first-order chi connectivity index (χ1) is 20.8. The highest BCUT2D eigenvalue weighted by molar-refractivity contribution is 5.92. The van der Waals surface area contributed by atoms with E-state index in [2.05, 4.69) is 4.98 Å². The van der Waals surface area contributed by atoms with Gasteiger partial charge in [0.15, 0.2) is 11.5 Å². The van der Waals surface area contributed by atoms with Gasteiger partial charge in [-0.3, -0.25) is 9.59 Å². The number of piperidine rings is 1. The Morgan fingerprint density at radius 2 is 1.58 bits per heavy atom. The molecule has 1 aromatic heterocycles. The molecule has 0 radical (unpaired) electrons. The van der Waals surface area contributed by atoms with Crippen LogP contribution in [-0.2, 0) is 32.8 Å². The Bertz CT molecular complexity index is 1690. The molecule has 1 saturated heterocycles. The lowest BCUT2D eigenvalue weighted by atomic mass is 9.73. The van der Waals surface area contributed by atoms with Crippen molar-refractivity contribution >= 4 is 34.5 Å². The first-order valence-corrected chi connectivity index (χ1v) is 14.4. The zero-order valence-electron chi connectivity index (χ0n) is 24.3. The first kappa shape index (κ1) is 28.3. The molecule has 0 saturated carbocycles. The van der Waals surface area contributed by atoms with Crippen LogP contribution in [0.25, 0.3) is 10.9 Å². The van der Waals surface area contributed by atoms with Crippen LogP contribution in [0.3, 0.4) is 0 Å². The number of nitrogen functional groups attached to an aromatic ring is 1. The molecule has 10 nitrogen and oxygen atoms in total. The predicted octanol–water partition coefficient (Wildman–Crippen LogP) is 3.93. The maximum atomic E-state index is 14.3. The third-order valence-electron chi connectivity index (χ3n) is 8.90. The number of primary amides is 1. The Morgan fingerprint density at radius 3 is 2.28 bits per heavy atom. The van der Waals surface area contributed by atoms with Crippen molar-refractivity contribution in [2.45, 2.75) is 37.7 Å². The van der Waals surface area contributed by atoms with Crippen molar-refractivity contribution in [3.8, 4) is 11.5 Å². The molecule has 1 aliphatic carbocycles. The van der Waals surface area contributed by atoms with Crippen LogP contribution in [0.1, 0.15) is 36.0 Å². The number of hydrogen-bond acceptors (Lipinski definition) is 9. The number of esters is 1. The fraction of sp³-hybridized carbons (Fsp3) is 0.333. The van der Waals surface area contributed by atoms with E-state index in [1.807, 2.05) is 59.5 Å². The fourth-order valence-corrected chi connectivity index (χ4v) is 6.44. The summed E-state index contributed by atoms with van der Waals surface area (Å²) in [7, 11) is 3.13. The lowest BCUT2D eigenvalue weighted by Crippen LogP contribution is -2.51. The number of methoxy groups -OCH3 is 2. The van der Waals surface area contributed by atoms with Gasteiger partial charge in [-0.15, -0.1) is 0 Å². The molecule has 0 spiro atoms. The van der Waals surface area contributed by atoms with E-state index in [4.69, 9.17) is 30.7 Å². The predicted molar refractivity (Wildman–Crippen MR) is 163 cm³/mol. The summed E-state index contributed by atoms with van der Waals surface area (Å²) in [6, 6.07) is 20.9. The Hall–Kier alpha value is -4.86. The van der Waals surface area contributed by atoms with E-state index in [9.17, 15) is 9.59 Å². The summed E-state index contributed by atoms with van der Waals surface area (Å²) in [5.41, 5.74) is 13.2. The standard InChI is InChI=1S/C33H35N5O5/c1-41-26-18-23-25(19-27(26)42-2)36-31(37-28(23)34)38-16-14-32(15-17-38,20-21-8-4-3-5-9-21)30(40)43-33(29(35)39)13-12-22-10-6-7-11-24(22)33/h3-11,18-19H,12-17,20H2,1-2H3,(H2,35,39)(H2,34,36,37). The van der Waals surface area contributed by atoms with Crippen LogP contribution in [-0.4, -0.2) is 49.2 Å². The Labute approximate surface area is 250 Å². The van der Waals surface area contributed by atoms with E-state index in [-0.39, 0.29) is 0 Å². The summed E-state index contributed by atoms with van der Waals surface area (Å²) in [5.74, 6) is 0.813. The highest BCUT2D eigenvalue weighted by Gasteiger charge is 2.52. The van der Waals surface area contributed by atoms with Gasteiger partial charge in [0, 0.05) is 36.5 Å². The van der Waals surface area contributed by atoms with Crippen molar-refractivity contribution in [3.63, 3.8) is 0 Å². The van der Waals surface area contributed by atoms with Crippen LogP contribution in [0, 0.1) is 5.41 Å². The number of aryl methyl sites for hydroxylation is 1. The number of amides is 1. The van der Waals surface area contributed by atoms with E-state index in [1.54, 1.807) is 26.4 Å². The number of carbonyl (C=O) groups excluding carboxylic acids is 2. The average molecular weight is 582 g/mol. The molecule has 6 rings (SSSR count). The van der Waals surface area contributed by atoms with E-state index in [0.717, 1.165) is 11.1 Å². The van der Waals surface area contributed by atoms with Crippen LogP contribution < -0.4 is 25.8 Å². The topological polar surface area (TPSA) is 143 Å². The van der Waals surface area contributed by atoms with E-state index >= 15 is 0 Å². The first-order valence-electron chi connectivity index (χ1n) is 14.4. The van der Waals surface area contributed by atoms with Gasteiger partial charge < -0.3 is 30.6 Å². The smallest absolute Gasteiger partial charge is 0.313 e. The maximum Gasteiger partial charge on any atom is 0.313 e. The van der Waals surface area contributed by atoms with Crippen molar-refractivity contribution in [1.29, 1.82) is 0 Å². The second-order valence-corrected chi connectivity index (χ2v) is 11.3. The molecule has 4 aromatic rings. The largest absolute Gasteiger partial charge is 0.493 e. The van der Waals surface area contributed by atoms with Crippen molar-refractivity contribution in [1.82, 2.24) is 9.97 Å². The highest BCUT2D eigenvalue weighted by atomic mass is 16.6. The molecule has 1 fully saturated rings. The van der Waals surface area contributed by atoms with Gasteiger partial charge in [-0.1, -0.05) is 54.6 Å². The number of benzene rings is 3. The molecule has 2 aliphatic rings. The van der Waals surface area contributed by atoms with E-state index < -0.39 is 22.9 Å². The summed E-state index contributed by atoms with van der Waals surface area (Å²) < 4.78 is 17.1. The van der Waals surface area contributed by atoms with E-state index in [1.165, 1.54) is 0 Å². The molecule has 1 amide bonds. The minimum Gasteiger partial charge on any atom is -0.493 e. The lowest BCUT2D eigenvalue weighted by Gasteiger charge is -2.42. The number of carbonyl (C=O) groups is 2. The zero-order chi connectivity index (χ0) is 30.2. The van der Waals surface area contributed by atoms with Crippen molar-refractivity contribution in [2.24, 2.45) is 11.1 Å². The summed E-state index contributed by atoms with van der Waals surface area (Å²) in [6.45, 7) is 0.973. The molecule has 222 valence electrons. The van der Waals surface area contributed by atoms with Gasteiger partial charge >= 0.3 is 5.97 Å². The highest BCUT2D eigenvalue weighted by Crippen LogP contribution is 2.45. The number of nitrogens with two attached hydrogens (primary N) is 2. The molecule has 0 bridgehead atoms. The SMILES string of the molecule is COc1cc2nc(N3CCC(Cc4ccccc4)(C(=O)OC4(C(N)=O)CCc5ccccc54)CC3)nc(N)c2cc1OC. The van der Waals surface area contributed by atoms with Crippen molar-refractivity contribution < 1.29 is 23.8 Å². The number of anilines is 2. The van der Waals surface area contributed by atoms with Crippen LogP contribution in [0.15, 0.2) is 66.7 Å². The molecule has 3 aromatic carbocycles. The minimum atomic E-state index is -1.48. The number of hydrogen-bond donors (Lipinski definition) is 2. The van der Waals surface area contributed by atoms with Crippen LogP contribution in [0.5, 0.6) is 11.5 Å². The Balaban J connectivity index is 1.31. The fourth-order valence-electron chi connectivity index (χ4n) is 6.44. The van der Waals surface area contributed by atoms with Crippen LogP contribution >= 0.6 is 0 Å². The summed E-state index contributed by atoms with van der Waals surface area (Å²) in [5, 5.41) is 0.661. The third-order valence-corrected chi connectivity index (χ3v) is 8.90. The van der Waals surface area contributed by atoms with Gasteiger partial charge in [-0.2, -0.15) is 4.98 Å². The van der Waals surface area contributed by atoms with Gasteiger partial charge in [0.2, 0.25) is 11.5 Å². The number of aromatic nitrogens is 2. The second kappa shape index (κ2) is 11.1. The van der Waals surface area contributed by atoms with Gasteiger partial charge in [-0.05, 0) is 42.9 Å². The van der Waals surface area contributed by atoms with Gasteiger partial charge in [0.1, 0.15) is 5.82 Å². The Kier molecular flexibility index (Phi) is 7.29. The van der Waals surface area contributed by atoms with E-state index in [0.29, 0.717) is 84.9 Å². The number of rotatable bonds is 8. The summed E-state index contributed by atoms with van der Waals surface area (Å²) in [4.78, 5) is 38.6. The van der Waals surface area contributed by atoms with Crippen molar-refractivity contribution in [3.05, 3.63) is 83.4 Å². The van der Waals surface area contributed by atoms with Gasteiger partial charge in [0.05, 0.1) is 25.2 Å². The van der Waals surface area contributed by atoms with Crippen molar-refractivity contribution in [2.75, 3.05) is 37.9 Å². The second-order valence-electron chi connectivity index (χ2n) is 11.3. The molecule has 43 heavy (non-hydrogen) atoms. The summed E-state index contributed by atoms with van der Waals surface area (Å²) >= 11 is 0. The molecule has 2 heterocycles. The maximum absolute atomic E-state index is 14.3. The zero-order valence-corrected chi connectivity index (χ0v) is 24.3. The quantitative estimate of drug-likeness (QED) is 0.296. The average Bonchev–Trinajstić information content (AvgIpc) is 3.40. The number of ether oxygens (including phenoxy) is 3. The molecular formula is C33H35N5O5. The van der Waals surface area contributed by atoms with Crippen LogP contribution in [0.4, 0.5) is 11.8 Å². The van der Waals surface area contributed by atoms with Gasteiger partial charge in [0.25, 0.3) is 5.91 Å².